The molecule has 0 N–H and O–H groups in total. The lowest BCUT2D eigenvalue weighted by atomic mass is 10.1. The van der Waals surface area contributed by atoms with Crippen molar-refractivity contribution in [2.24, 2.45) is 0 Å². The Bertz CT molecular complexity index is 617. The SMILES string of the molecule is CCc1ccc(Oc2ccccc2C(C)=O)c(OC)c1. The molecule has 0 amide bonds. The van der Waals surface area contributed by atoms with Crippen molar-refractivity contribution in [3.05, 3.63) is 53.6 Å². The van der Waals surface area contributed by atoms with E-state index in [0.29, 0.717) is 22.8 Å². The van der Waals surface area contributed by atoms with E-state index in [9.17, 15) is 4.79 Å². The van der Waals surface area contributed by atoms with Crippen molar-refractivity contribution in [1.29, 1.82) is 0 Å². The summed E-state index contributed by atoms with van der Waals surface area (Å²) in [6.07, 6.45) is 0.931. The molecule has 2 aromatic rings. The molecular formula is C17H18O3. The number of rotatable bonds is 5. The van der Waals surface area contributed by atoms with E-state index < -0.39 is 0 Å². The molecule has 3 nitrogen and oxygen atoms in total. The highest BCUT2D eigenvalue weighted by Gasteiger charge is 2.11. The largest absolute Gasteiger partial charge is 0.493 e. The molecule has 104 valence electrons. The average molecular weight is 270 g/mol. The van der Waals surface area contributed by atoms with Gasteiger partial charge in [0.2, 0.25) is 0 Å². The first-order valence-corrected chi connectivity index (χ1v) is 6.60. The summed E-state index contributed by atoms with van der Waals surface area (Å²) in [7, 11) is 1.61. The minimum atomic E-state index is -0.0234. The number of aryl methyl sites for hydroxylation is 1. The third kappa shape index (κ3) is 2.99. The van der Waals surface area contributed by atoms with Gasteiger partial charge in [-0.15, -0.1) is 0 Å². The van der Waals surface area contributed by atoms with Gasteiger partial charge < -0.3 is 9.47 Å². The fourth-order valence-electron chi connectivity index (χ4n) is 1.98. The van der Waals surface area contributed by atoms with Crippen LogP contribution in [0.15, 0.2) is 42.5 Å². The lowest BCUT2D eigenvalue weighted by molar-refractivity contribution is 0.101. The fourth-order valence-corrected chi connectivity index (χ4v) is 1.98. The van der Waals surface area contributed by atoms with Crippen molar-refractivity contribution in [2.75, 3.05) is 7.11 Å². The molecule has 0 atom stereocenters. The van der Waals surface area contributed by atoms with E-state index in [1.807, 2.05) is 30.3 Å². The van der Waals surface area contributed by atoms with E-state index in [1.165, 1.54) is 12.5 Å². The summed E-state index contributed by atoms with van der Waals surface area (Å²) in [5.41, 5.74) is 1.74. The van der Waals surface area contributed by atoms with E-state index in [1.54, 1.807) is 19.2 Å². The van der Waals surface area contributed by atoms with E-state index in [0.717, 1.165) is 6.42 Å². The quantitative estimate of drug-likeness (QED) is 0.762. The van der Waals surface area contributed by atoms with E-state index in [-0.39, 0.29) is 5.78 Å². The number of ether oxygens (including phenoxy) is 2. The molecular weight excluding hydrogens is 252 g/mol. The smallest absolute Gasteiger partial charge is 0.169 e. The molecule has 0 aliphatic rings. The van der Waals surface area contributed by atoms with Crippen LogP contribution in [0.3, 0.4) is 0 Å². The first-order valence-electron chi connectivity index (χ1n) is 6.60. The Balaban J connectivity index is 2.37. The van der Waals surface area contributed by atoms with Crippen LogP contribution in [-0.2, 0) is 6.42 Å². The Morgan fingerprint density at radius 2 is 1.80 bits per heavy atom. The van der Waals surface area contributed by atoms with Crippen LogP contribution in [0.5, 0.6) is 17.2 Å². The van der Waals surface area contributed by atoms with Crippen LogP contribution in [0.4, 0.5) is 0 Å². The van der Waals surface area contributed by atoms with Crippen molar-refractivity contribution in [1.82, 2.24) is 0 Å². The van der Waals surface area contributed by atoms with Gasteiger partial charge in [0, 0.05) is 0 Å². The van der Waals surface area contributed by atoms with E-state index in [4.69, 9.17) is 9.47 Å². The van der Waals surface area contributed by atoms with Crippen LogP contribution in [0.25, 0.3) is 0 Å². The summed E-state index contributed by atoms with van der Waals surface area (Å²) in [5, 5.41) is 0. The maximum absolute atomic E-state index is 11.6. The molecule has 0 radical (unpaired) electrons. The predicted octanol–water partition coefficient (Wildman–Crippen LogP) is 4.25. The van der Waals surface area contributed by atoms with Gasteiger partial charge in [-0.3, -0.25) is 4.79 Å². The third-order valence-electron chi connectivity index (χ3n) is 3.12. The summed E-state index contributed by atoms with van der Waals surface area (Å²) in [5.74, 6) is 1.80. The molecule has 0 bridgehead atoms. The number of carbonyl (C=O) groups is 1. The van der Waals surface area contributed by atoms with Gasteiger partial charge in [0.1, 0.15) is 5.75 Å². The summed E-state index contributed by atoms with van der Waals surface area (Å²) in [6.45, 7) is 3.61. The number of methoxy groups -OCH3 is 1. The number of carbonyl (C=O) groups excluding carboxylic acids is 1. The first kappa shape index (κ1) is 14.1. The Morgan fingerprint density at radius 3 is 2.45 bits per heavy atom. The molecule has 0 saturated carbocycles. The van der Waals surface area contributed by atoms with E-state index >= 15 is 0 Å². The van der Waals surface area contributed by atoms with Crippen molar-refractivity contribution >= 4 is 5.78 Å². The molecule has 2 rings (SSSR count). The highest BCUT2D eigenvalue weighted by molar-refractivity contribution is 5.96. The minimum absolute atomic E-state index is 0.0234. The summed E-state index contributed by atoms with van der Waals surface area (Å²) in [4.78, 5) is 11.6. The normalized spacial score (nSPS) is 10.2. The molecule has 0 saturated heterocycles. The van der Waals surface area contributed by atoms with Gasteiger partial charge in [0.25, 0.3) is 0 Å². The highest BCUT2D eigenvalue weighted by atomic mass is 16.5. The Hall–Kier alpha value is -2.29. The second-order valence-corrected chi connectivity index (χ2v) is 4.49. The number of Topliss-reactive ketones (excluding diaryl/α,β-unsaturated/α-hetero) is 1. The number of para-hydroxylation sites is 1. The molecule has 2 aromatic carbocycles. The second kappa shape index (κ2) is 6.24. The molecule has 0 unspecified atom stereocenters. The standard InChI is InChI=1S/C17H18O3/c1-4-13-9-10-16(17(11-13)19-3)20-15-8-6-5-7-14(15)12(2)18/h5-11H,4H2,1-3H3. The second-order valence-electron chi connectivity index (χ2n) is 4.49. The van der Waals surface area contributed by atoms with Crippen molar-refractivity contribution in [2.45, 2.75) is 20.3 Å². The van der Waals surface area contributed by atoms with Gasteiger partial charge in [-0.05, 0) is 43.2 Å². The number of benzene rings is 2. The monoisotopic (exact) mass is 270 g/mol. The average Bonchev–Trinajstić information content (AvgIpc) is 2.48. The van der Waals surface area contributed by atoms with E-state index in [2.05, 4.69) is 6.92 Å². The topological polar surface area (TPSA) is 35.5 Å². The van der Waals surface area contributed by atoms with Gasteiger partial charge in [-0.2, -0.15) is 0 Å². The summed E-state index contributed by atoms with van der Waals surface area (Å²) >= 11 is 0. The molecule has 0 aliphatic heterocycles. The van der Waals surface area contributed by atoms with Crippen LogP contribution in [0, 0.1) is 0 Å². The van der Waals surface area contributed by atoms with Crippen LogP contribution >= 0.6 is 0 Å². The molecule has 0 fully saturated rings. The van der Waals surface area contributed by atoms with Gasteiger partial charge in [0.15, 0.2) is 17.3 Å². The summed E-state index contributed by atoms with van der Waals surface area (Å²) in [6, 6.07) is 13.0. The van der Waals surface area contributed by atoms with Crippen LogP contribution in [0.1, 0.15) is 29.8 Å². The maximum Gasteiger partial charge on any atom is 0.169 e. The third-order valence-corrected chi connectivity index (χ3v) is 3.12. The number of hydrogen-bond donors (Lipinski definition) is 0. The zero-order chi connectivity index (χ0) is 14.5. The zero-order valence-corrected chi connectivity index (χ0v) is 12.0. The number of ketones is 1. The fraction of sp³-hybridized carbons (Fsp3) is 0.235. The lowest BCUT2D eigenvalue weighted by Crippen LogP contribution is -1.98. The van der Waals surface area contributed by atoms with Crippen LogP contribution in [-0.4, -0.2) is 12.9 Å². The Kier molecular flexibility index (Phi) is 4.41. The predicted molar refractivity (Wildman–Crippen MR) is 78.9 cm³/mol. The van der Waals surface area contributed by atoms with Crippen molar-refractivity contribution in [3.63, 3.8) is 0 Å². The summed E-state index contributed by atoms with van der Waals surface area (Å²) < 4.78 is 11.2. The van der Waals surface area contributed by atoms with Gasteiger partial charge in [-0.1, -0.05) is 25.1 Å². The van der Waals surface area contributed by atoms with Crippen molar-refractivity contribution in [3.8, 4) is 17.2 Å². The van der Waals surface area contributed by atoms with Gasteiger partial charge in [-0.25, -0.2) is 0 Å². The Morgan fingerprint density at radius 1 is 1.05 bits per heavy atom. The van der Waals surface area contributed by atoms with Gasteiger partial charge in [0.05, 0.1) is 12.7 Å². The lowest BCUT2D eigenvalue weighted by Gasteiger charge is -2.13. The molecule has 0 aromatic heterocycles. The van der Waals surface area contributed by atoms with Crippen molar-refractivity contribution < 1.29 is 14.3 Å². The van der Waals surface area contributed by atoms with Gasteiger partial charge >= 0.3 is 0 Å². The first-order chi connectivity index (χ1) is 9.65. The molecule has 0 heterocycles. The minimum Gasteiger partial charge on any atom is -0.493 e. The van der Waals surface area contributed by atoms with Crippen LogP contribution < -0.4 is 9.47 Å². The molecule has 0 spiro atoms. The molecule has 3 heteroatoms. The highest BCUT2D eigenvalue weighted by Crippen LogP contribution is 2.34. The Labute approximate surface area is 119 Å². The molecule has 0 aliphatic carbocycles. The van der Waals surface area contributed by atoms with Crippen LogP contribution in [0.2, 0.25) is 0 Å². The number of hydrogen-bond acceptors (Lipinski definition) is 3. The maximum atomic E-state index is 11.6. The zero-order valence-electron chi connectivity index (χ0n) is 12.0. The molecule has 20 heavy (non-hydrogen) atoms.